The number of halogens is 1. The van der Waals surface area contributed by atoms with Crippen LogP contribution in [0.4, 0.5) is 0 Å². The maximum absolute atomic E-state index is 13.1. The Morgan fingerprint density at radius 1 is 1.10 bits per heavy atom. The van der Waals surface area contributed by atoms with E-state index in [1.807, 2.05) is 45.9 Å². The minimum Gasteiger partial charge on any atom is -0.464 e. The molecule has 0 saturated heterocycles. The zero-order valence-corrected chi connectivity index (χ0v) is 19.8. The van der Waals surface area contributed by atoms with Gasteiger partial charge in [-0.05, 0) is 75.9 Å². The Morgan fingerprint density at radius 2 is 1.77 bits per heavy atom. The van der Waals surface area contributed by atoms with Crippen molar-refractivity contribution in [2.24, 2.45) is 0 Å². The Labute approximate surface area is 189 Å². The number of esters is 1. The van der Waals surface area contributed by atoms with E-state index in [0.717, 1.165) is 34.1 Å². The molecule has 1 heterocycles. The van der Waals surface area contributed by atoms with Crippen LogP contribution in [0.1, 0.15) is 57.5 Å². The van der Waals surface area contributed by atoms with Crippen molar-refractivity contribution in [3.8, 4) is 11.1 Å². The van der Waals surface area contributed by atoms with Crippen LogP contribution in [0.3, 0.4) is 0 Å². The molecule has 1 atom stereocenters. The van der Waals surface area contributed by atoms with Gasteiger partial charge in [-0.3, -0.25) is 4.98 Å². The van der Waals surface area contributed by atoms with Crippen LogP contribution >= 0.6 is 11.6 Å². The van der Waals surface area contributed by atoms with Gasteiger partial charge in [0.15, 0.2) is 6.10 Å². The van der Waals surface area contributed by atoms with Crippen LogP contribution in [-0.2, 0) is 20.7 Å². The summed E-state index contributed by atoms with van der Waals surface area (Å²) in [6.45, 7) is 11.9. The molecule has 3 aromatic rings. The molecule has 31 heavy (non-hydrogen) atoms. The molecule has 164 valence electrons. The van der Waals surface area contributed by atoms with Crippen molar-refractivity contribution in [3.05, 3.63) is 64.3 Å². The third-order valence-electron chi connectivity index (χ3n) is 5.06. The summed E-state index contributed by atoms with van der Waals surface area (Å²) in [5.41, 5.74) is 4.83. The highest BCUT2D eigenvalue weighted by Crippen LogP contribution is 2.40. The Bertz CT molecular complexity index is 1080. The summed E-state index contributed by atoms with van der Waals surface area (Å²) >= 11 is 6.37. The molecule has 1 unspecified atom stereocenters. The number of nitrogens with zero attached hydrogens (tertiary/aromatic N) is 1. The van der Waals surface area contributed by atoms with Crippen LogP contribution in [-0.4, -0.2) is 23.2 Å². The molecule has 0 aliphatic carbocycles. The summed E-state index contributed by atoms with van der Waals surface area (Å²) in [4.78, 5) is 17.8. The quantitative estimate of drug-likeness (QED) is 0.394. The number of carbonyl (C=O) groups excluding carboxylic acids is 1. The van der Waals surface area contributed by atoms with E-state index in [0.29, 0.717) is 10.6 Å². The summed E-state index contributed by atoms with van der Waals surface area (Å²) in [6.07, 6.45) is 0.0462. The van der Waals surface area contributed by atoms with Crippen molar-refractivity contribution >= 4 is 28.5 Å². The lowest BCUT2D eigenvalue weighted by Crippen LogP contribution is -2.30. The minimum absolute atomic E-state index is 0.273. The normalized spacial score (nSPS) is 12.7. The van der Waals surface area contributed by atoms with Gasteiger partial charge in [0.25, 0.3) is 0 Å². The molecule has 0 N–H and O–H groups in total. The average Bonchev–Trinajstić information content (AvgIpc) is 2.71. The third kappa shape index (κ3) is 5.25. The molecule has 5 heteroatoms. The van der Waals surface area contributed by atoms with Crippen molar-refractivity contribution in [1.82, 2.24) is 4.98 Å². The van der Waals surface area contributed by atoms with Gasteiger partial charge in [0.1, 0.15) is 0 Å². The van der Waals surface area contributed by atoms with E-state index >= 15 is 0 Å². The van der Waals surface area contributed by atoms with Gasteiger partial charge < -0.3 is 9.47 Å². The van der Waals surface area contributed by atoms with Crippen LogP contribution < -0.4 is 0 Å². The second kappa shape index (κ2) is 9.37. The SMILES string of the molecule is CCOC(=O)C(OC(C)(C)C)c1c(C)nc2ccc(Cl)cc2c1-c1ccc(CC)cc1. The number of aryl methyl sites for hydroxylation is 2. The molecule has 0 aliphatic heterocycles. The summed E-state index contributed by atoms with van der Waals surface area (Å²) in [5.74, 6) is -0.421. The van der Waals surface area contributed by atoms with Crippen LogP contribution in [0.5, 0.6) is 0 Å². The second-order valence-corrected chi connectivity index (χ2v) is 9.00. The number of hydrogen-bond donors (Lipinski definition) is 0. The fourth-order valence-corrected chi connectivity index (χ4v) is 3.88. The number of fused-ring (bicyclic) bond motifs is 1. The maximum Gasteiger partial charge on any atom is 0.340 e. The van der Waals surface area contributed by atoms with Crippen LogP contribution in [0.25, 0.3) is 22.0 Å². The van der Waals surface area contributed by atoms with Crippen molar-refractivity contribution in [1.29, 1.82) is 0 Å². The Balaban J connectivity index is 2.37. The standard InChI is InChI=1S/C26H30ClNO3/c1-7-17-9-11-18(12-10-17)23-20-15-19(27)13-14-21(20)28-16(3)22(23)24(25(29)30-8-2)31-26(4,5)6/h9-15,24H,7-8H2,1-6H3. The number of carbonyl (C=O) groups is 1. The first kappa shape index (κ1) is 23.2. The topological polar surface area (TPSA) is 48.4 Å². The molecular weight excluding hydrogens is 410 g/mol. The molecule has 0 amide bonds. The van der Waals surface area contributed by atoms with E-state index < -0.39 is 17.7 Å². The van der Waals surface area contributed by atoms with Crippen molar-refractivity contribution in [3.63, 3.8) is 0 Å². The van der Waals surface area contributed by atoms with Gasteiger partial charge in [0, 0.05) is 21.7 Å². The van der Waals surface area contributed by atoms with E-state index in [-0.39, 0.29) is 6.61 Å². The Hall–Kier alpha value is -2.43. The third-order valence-corrected chi connectivity index (χ3v) is 5.30. The first-order chi connectivity index (χ1) is 14.6. The minimum atomic E-state index is -0.906. The highest BCUT2D eigenvalue weighted by Gasteiger charge is 2.33. The zero-order chi connectivity index (χ0) is 22.8. The molecule has 4 nitrogen and oxygen atoms in total. The molecule has 0 bridgehead atoms. The number of ether oxygens (including phenoxy) is 2. The van der Waals surface area contributed by atoms with Gasteiger partial charge >= 0.3 is 5.97 Å². The number of hydrogen-bond acceptors (Lipinski definition) is 4. The number of benzene rings is 2. The smallest absolute Gasteiger partial charge is 0.340 e. The molecular formula is C26H30ClNO3. The summed E-state index contributed by atoms with van der Waals surface area (Å²) in [7, 11) is 0. The average molecular weight is 440 g/mol. The Kier molecular flexibility index (Phi) is 7.03. The predicted octanol–water partition coefficient (Wildman–Crippen LogP) is 6.85. The second-order valence-electron chi connectivity index (χ2n) is 8.56. The molecule has 1 aromatic heterocycles. The first-order valence-corrected chi connectivity index (χ1v) is 11.1. The molecule has 0 radical (unpaired) electrons. The lowest BCUT2D eigenvalue weighted by atomic mass is 9.90. The summed E-state index contributed by atoms with van der Waals surface area (Å²) in [6, 6.07) is 14.0. The van der Waals surface area contributed by atoms with E-state index in [2.05, 4.69) is 31.2 Å². The molecule has 0 fully saturated rings. The van der Waals surface area contributed by atoms with Gasteiger partial charge in [-0.1, -0.05) is 42.8 Å². The van der Waals surface area contributed by atoms with Crippen molar-refractivity contribution in [2.75, 3.05) is 6.61 Å². The number of pyridine rings is 1. The fourth-order valence-electron chi connectivity index (χ4n) is 3.71. The Morgan fingerprint density at radius 3 is 2.35 bits per heavy atom. The maximum atomic E-state index is 13.1. The molecule has 0 spiro atoms. The molecule has 3 rings (SSSR count). The van der Waals surface area contributed by atoms with Crippen LogP contribution in [0.15, 0.2) is 42.5 Å². The summed E-state index contributed by atoms with van der Waals surface area (Å²) < 4.78 is 11.7. The van der Waals surface area contributed by atoms with Crippen molar-refractivity contribution < 1.29 is 14.3 Å². The van der Waals surface area contributed by atoms with Gasteiger partial charge in [-0.15, -0.1) is 0 Å². The van der Waals surface area contributed by atoms with E-state index in [9.17, 15) is 4.79 Å². The molecule has 0 aliphatic rings. The summed E-state index contributed by atoms with van der Waals surface area (Å²) in [5, 5.41) is 1.49. The lowest BCUT2D eigenvalue weighted by Gasteiger charge is -2.29. The lowest BCUT2D eigenvalue weighted by molar-refractivity contribution is -0.166. The predicted molar refractivity (Wildman–Crippen MR) is 127 cm³/mol. The van der Waals surface area contributed by atoms with Crippen LogP contribution in [0, 0.1) is 6.92 Å². The zero-order valence-electron chi connectivity index (χ0n) is 19.1. The van der Waals surface area contributed by atoms with E-state index in [4.69, 9.17) is 26.1 Å². The van der Waals surface area contributed by atoms with Crippen LogP contribution in [0.2, 0.25) is 5.02 Å². The highest BCUT2D eigenvalue weighted by molar-refractivity contribution is 6.31. The van der Waals surface area contributed by atoms with Crippen molar-refractivity contribution in [2.45, 2.75) is 59.7 Å². The molecule has 2 aromatic carbocycles. The number of aromatic nitrogens is 1. The molecule has 0 saturated carbocycles. The van der Waals surface area contributed by atoms with Gasteiger partial charge in [0.2, 0.25) is 0 Å². The van der Waals surface area contributed by atoms with E-state index in [1.54, 1.807) is 6.92 Å². The monoisotopic (exact) mass is 439 g/mol. The fraction of sp³-hybridized carbons (Fsp3) is 0.385. The largest absolute Gasteiger partial charge is 0.464 e. The number of rotatable bonds is 6. The van der Waals surface area contributed by atoms with E-state index in [1.165, 1.54) is 5.56 Å². The van der Waals surface area contributed by atoms with Gasteiger partial charge in [0.05, 0.1) is 17.7 Å². The van der Waals surface area contributed by atoms with Gasteiger partial charge in [-0.2, -0.15) is 0 Å². The highest BCUT2D eigenvalue weighted by atomic mass is 35.5. The first-order valence-electron chi connectivity index (χ1n) is 10.7. The van der Waals surface area contributed by atoms with Gasteiger partial charge in [-0.25, -0.2) is 4.79 Å².